The molecular weight excluding hydrogens is 280 g/mol. The van der Waals surface area contributed by atoms with Gasteiger partial charge in [-0.25, -0.2) is 0 Å². The van der Waals surface area contributed by atoms with Gasteiger partial charge < -0.3 is 14.4 Å². The summed E-state index contributed by atoms with van der Waals surface area (Å²) in [6, 6.07) is 7.65. The SMILES string of the molecule is COCc1cccc(Oc2nc(Cl)nc(N(C)C)n2)c1. The first kappa shape index (κ1) is 14.5. The lowest BCUT2D eigenvalue weighted by Gasteiger charge is -2.11. The summed E-state index contributed by atoms with van der Waals surface area (Å²) >= 11 is 5.85. The zero-order valence-electron chi connectivity index (χ0n) is 11.5. The summed E-state index contributed by atoms with van der Waals surface area (Å²) in [5, 5.41) is 0.0896. The van der Waals surface area contributed by atoms with Crippen LogP contribution in [0.4, 0.5) is 5.95 Å². The molecule has 1 heterocycles. The number of hydrogen-bond donors (Lipinski definition) is 0. The van der Waals surface area contributed by atoms with Crippen molar-refractivity contribution in [3.8, 4) is 11.8 Å². The van der Waals surface area contributed by atoms with Crippen molar-refractivity contribution in [3.05, 3.63) is 35.1 Å². The van der Waals surface area contributed by atoms with Crippen LogP contribution >= 0.6 is 11.6 Å². The molecule has 2 rings (SSSR count). The molecule has 106 valence electrons. The minimum absolute atomic E-state index is 0.0896. The lowest BCUT2D eigenvalue weighted by Crippen LogP contribution is -2.13. The Morgan fingerprint density at radius 3 is 2.70 bits per heavy atom. The fourth-order valence-corrected chi connectivity index (χ4v) is 1.69. The summed E-state index contributed by atoms with van der Waals surface area (Å²) in [7, 11) is 5.27. The van der Waals surface area contributed by atoms with Gasteiger partial charge in [-0.2, -0.15) is 15.0 Å². The van der Waals surface area contributed by atoms with E-state index < -0.39 is 0 Å². The molecular formula is C13H15ClN4O2. The van der Waals surface area contributed by atoms with E-state index >= 15 is 0 Å². The Balaban J connectivity index is 2.23. The lowest BCUT2D eigenvalue weighted by molar-refractivity contribution is 0.184. The first-order valence-electron chi connectivity index (χ1n) is 5.93. The Morgan fingerprint density at radius 1 is 1.20 bits per heavy atom. The predicted molar refractivity (Wildman–Crippen MR) is 76.4 cm³/mol. The van der Waals surface area contributed by atoms with Crippen molar-refractivity contribution in [3.63, 3.8) is 0 Å². The number of anilines is 1. The summed E-state index contributed by atoms with van der Waals surface area (Å²) < 4.78 is 10.7. The number of nitrogens with zero attached hydrogens (tertiary/aromatic N) is 4. The molecule has 7 heteroatoms. The van der Waals surface area contributed by atoms with Crippen molar-refractivity contribution in [2.24, 2.45) is 0 Å². The number of rotatable bonds is 5. The molecule has 0 bridgehead atoms. The van der Waals surface area contributed by atoms with Crippen molar-refractivity contribution in [1.82, 2.24) is 15.0 Å². The minimum Gasteiger partial charge on any atom is -0.424 e. The molecule has 2 aromatic rings. The standard InChI is InChI=1S/C13H15ClN4O2/c1-18(2)12-15-11(14)16-13(17-12)20-10-6-4-5-9(7-10)8-19-3/h4-7H,8H2,1-3H3. The minimum atomic E-state index is 0.0896. The van der Waals surface area contributed by atoms with E-state index in [0.29, 0.717) is 18.3 Å². The van der Waals surface area contributed by atoms with Gasteiger partial charge >= 0.3 is 6.01 Å². The number of halogens is 1. The van der Waals surface area contributed by atoms with Crippen LogP contribution in [-0.2, 0) is 11.3 Å². The van der Waals surface area contributed by atoms with Gasteiger partial charge in [0.1, 0.15) is 5.75 Å². The van der Waals surface area contributed by atoms with E-state index in [9.17, 15) is 0 Å². The summed E-state index contributed by atoms with van der Waals surface area (Å²) in [4.78, 5) is 13.8. The van der Waals surface area contributed by atoms with Gasteiger partial charge in [0.05, 0.1) is 6.61 Å². The molecule has 0 N–H and O–H groups in total. The zero-order chi connectivity index (χ0) is 14.5. The fourth-order valence-electron chi connectivity index (χ4n) is 1.54. The summed E-state index contributed by atoms with van der Waals surface area (Å²) in [6.45, 7) is 0.512. The maximum atomic E-state index is 5.85. The number of methoxy groups -OCH3 is 1. The molecule has 0 unspecified atom stereocenters. The van der Waals surface area contributed by atoms with E-state index in [1.54, 1.807) is 12.0 Å². The van der Waals surface area contributed by atoms with Gasteiger partial charge in [-0.15, -0.1) is 0 Å². The monoisotopic (exact) mass is 294 g/mol. The maximum Gasteiger partial charge on any atom is 0.328 e. The molecule has 20 heavy (non-hydrogen) atoms. The van der Waals surface area contributed by atoms with Crippen molar-refractivity contribution >= 4 is 17.5 Å². The van der Waals surface area contributed by atoms with Gasteiger partial charge in [-0.05, 0) is 29.3 Å². The Kier molecular flexibility index (Phi) is 4.70. The molecule has 0 fully saturated rings. The molecule has 0 aliphatic heterocycles. The second kappa shape index (κ2) is 6.49. The number of hydrogen-bond acceptors (Lipinski definition) is 6. The molecule has 1 aromatic heterocycles. The fraction of sp³-hybridized carbons (Fsp3) is 0.308. The van der Waals surface area contributed by atoms with E-state index in [4.69, 9.17) is 21.1 Å². The van der Waals surface area contributed by atoms with Gasteiger partial charge in [0.25, 0.3) is 0 Å². The van der Waals surface area contributed by atoms with Crippen molar-refractivity contribution in [2.75, 3.05) is 26.1 Å². The summed E-state index contributed by atoms with van der Waals surface area (Å²) in [5.41, 5.74) is 0.998. The highest BCUT2D eigenvalue weighted by Crippen LogP contribution is 2.21. The van der Waals surface area contributed by atoms with Crippen LogP contribution in [0.2, 0.25) is 5.28 Å². The molecule has 0 atom stereocenters. The quantitative estimate of drug-likeness (QED) is 0.844. The van der Waals surface area contributed by atoms with Crippen LogP contribution in [0.5, 0.6) is 11.8 Å². The second-order valence-electron chi connectivity index (χ2n) is 4.26. The third-order valence-corrected chi connectivity index (χ3v) is 2.56. The molecule has 6 nitrogen and oxygen atoms in total. The number of benzene rings is 1. The highest BCUT2D eigenvalue weighted by Gasteiger charge is 2.09. The molecule has 0 aliphatic rings. The zero-order valence-corrected chi connectivity index (χ0v) is 12.3. The Bertz CT molecular complexity index is 592. The molecule has 0 aliphatic carbocycles. The molecule has 0 saturated heterocycles. The Labute approximate surface area is 122 Å². The maximum absolute atomic E-state index is 5.85. The van der Waals surface area contributed by atoms with Crippen LogP contribution in [0.25, 0.3) is 0 Å². The van der Waals surface area contributed by atoms with E-state index in [1.807, 2.05) is 38.4 Å². The van der Waals surface area contributed by atoms with Gasteiger partial charge in [-0.3, -0.25) is 0 Å². The van der Waals surface area contributed by atoms with Crippen molar-refractivity contribution in [1.29, 1.82) is 0 Å². The van der Waals surface area contributed by atoms with Crippen LogP contribution in [0, 0.1) is 0 Å². The van der Waals surface area contributed by atoms with Crippen LogP contribution < -0.4 is 9.64 Å². The topological polar surface area (TPSA) is 60.4 Å². The average molecular weight is 295 g/mol. The molecule has 0 radical (unpaired) electrons. The smallest absolute Gasteiger partial charge is 0.328 e. The summed E-state index contributed by atoms with van der Waals surface area (Å²) in [6.07, 6.45) is 0. The normalized spacial score (nSPS) is 10.4. The number of aromatic nitrogens is 3. The van der Waals surface area contributed by atoms with E-state index in [0.717, 1.165) is 5.56 Å². The van der Waals surface area contributed by atoms with Gasteiger partial charge in [-0.1, -0.05) is 12.1 Å². The highest BCUT2D eigenvalue weighted by atomic mass is 35.5. The largest absolute Gasteiger partial charge is 0.424 e. The predicted octanol–water partition coefficient (Wildman–Crippen LogP) is 2.53. The third-order valence-electron chi connectivity index (χ3n) is 2.39. The van der Waals surface area contributed by atoms with Gasteiger partial charge in [0.15, 0.2) is 0 Å². The third kappa shape index (κ3) is 3.79. The van der Waals surface area contributed by atoms with Gasteiger partial charge in [0, 0.05) is 21.2 Å². The summed E-state index contributed by atoms with van der Waals surface area (Å²) in [5.74, 6) is 1.06. The van der Waals surface area contributed by atoms with Crippen LogP contribution in [0.3, 0.4) is 0 Å². The van der Waals surface area contributed by atoms with E-state index in [2.05, 4.69) is 15.0 Å². The van der Waals surface area contributed by atoms with Gasteiger partial charge in [0.2, 0.25) is 11.2 Å². The second-order valence-corrected chi connectivity index (χ2v) is 4.60. The van der Waals surface area contributed by atoms with E-state index in [-0.39, 0.29) is 11.3 Å². The molecule has 0 saturated carbocycles. The van der Waals surface area contributed by atoms with E-state index in [1.165, 1.54) is 0 Å². The van der Waals surface area contributed by atoms with Crippen LogP contribution in [-0.4, -0.2) is 36.2 Å². The van der Waals surface area contributed by atoms with Crippen molar-refractivity contribution in [2.45, 2.75) is 6.61 Å². The Hall–Kier alpha value is -1.92. The molecule has 0 amide bonds. The molecule has 1 aromatic carbocycles. The number of ether oxygens (including phenoxy) is 2. The molecule has 0 spiro atoms. The highest BCUT2D eigenvalue weighted by molar-refractivity contribution is 6.28. The first-order chi connectivity index (χ1) is 9.58. The van der Waals surface area contributed by atoms with Crippen molar-refractivity contribution < 1.29 is 9.47 Å². The average Bonchev–Trinajstić information content (AvgIpc) is 2.38. The first-order valence-corrected chi connectivity index (χ1v) is 6.31. The van der Waals surface area contributed by atoms with Crippen LogP contribution in [0.1, 0.15) is 5.56 Å². The van der Waals surface area contributed by atoms with Crippen LogP contribution in [0.15, 0.2) is 24.3 Å². The lowest BCUT2D eigenvalue weighted by atomic mass is 10.2. The Morgan fingerprint density at radius 2 is 2.00 bits per heavy atom.